The van der Waals surface area contributed by atoms with Crippen LogP contribution in [-0.4, -0.2) is 14.3 Å². The van der Waals surface area contributed by atoms with Crippen molar-refractivity contribution in [2.75, 3.05) is 4.31 Å². The first-order valence-corrected chi connectivity index (χ1v) is 11.7. The summed E-state index contributed by atoms with van der Waals surface area (Å²) < 4.78 is 28.4. The SMILES string of the molecule is Cc1ccc(N(C(=O)C(c2ccccc2)c2ccccc2)S(=O)(=O)c2ccccc2)cc1. The minimum atomic E-state index is -4.14. The Morgan fingerprint density at radius 1 is 0.656 bits per heavy atom. The third kappa shape index (κ3) is 4.34. The van der Waals surface area contributed by atoms with E-state index in [0.29, 0.717) is 5.69 Å². The van der Waals surface area contributed by atoms with Gasteiger partial charge in [0.25, 0.3) is 15.9 Å². The number of rotatable bonds is 6. The van der Waals surface area contributed by atoms with E-state index in [9.17, 15) is 13.2 Å². The molecule has 4 aromatic carbocycles. The summed E-state index contributed by atoms with van der Waals surface area (Å²) in [7, 11) is -4.14. The fourth-order valence-electron chi connectivity index (χ4n) is 3.65. The maximum absolute atomic E-state index is 14.1. The molecule has 0 atom stereocenters. The first kappa shape index (κ1) is 21.5. The van der Waals surface area contributed by atoms with Gasteiger partial charge in [0.15, 0.2) is 0 Å². The van der Waals surface area contributed by atoms with Crippen LogP contribution in [-0.2, 0) is 14.8 Å². The molecule has 0 saturated carbocycles. The lowest BCUT2D eigenvalue weighted by molar-refractivity contribution is -0.118. The smallest absolute Gasteiger partial charge is 0.270 e. The van der Waals surface area contributed by atoms with E-state index in [4.69, 9.17) is 0 Å². The lowest BCUT2D eigenvalue weighted by Gasteiger charge is -2.28. The van der Waals surface area contributed by atoms with Crippen molar-refractivity contribution in [1.29, 1.82) is 0 Å². The first-order chi connectivity index (χ1) is 15.5. The molecule has 5 heteroatoms. The number of sulfonamides is 1. The van der Waals surface area contributed by atoms with E-state index in [-0.39, 0.29) is 4.90 Å². The lowest BCUT2D eigenvalue weighted by atomic mass is 9.90. The van der Waals surface area contributed by atoms with E-state index in [1.807, 2.05) is 67.6 Å². The van der Waals surface area contributed by atoms with Crippen LogP contribution in [0.15, 0.2) is 120 Å². The van der Waals surface area contributed by atoms with E-state index in [1.54, 1.807) is 42.5 Å². The second-order valence-corrected chi connectivity index (χ2v) is 9.30. The molecule has 160 valence electrons. The van der Waals surface area contributed by atoms with Gasteiger partial charge in [-0.3, -0.25) is 4.79 Å². The number of aryl methyl sites for hydroxylation is 1. The summed E-state index contributed by atoms with van der Waals surface area (Å²) in [4.78, 5) is 14.2. The number of carbonyl (C=O) groups excluding carboxylic acids is 1. The Hall–Kier alpha value is -3.70. The molecule has 1 amide bonds. The lowest BCUT2D eigenvalue weighted by Crippen LogP contribution is -2.40. The van der Waals surface area contributed by atoms with Gasteiger partial charge in [-0.1, -0.05) is 96.6 Å². The van der Waals surface area contributed by atoms with Crippen LogP contribution in [0.1, 0.15) is 22.6 Å². The molecular weight excluding hydrogens is 418 g/mol. The zero-order chi connectivity index (χ0) is 22.6. The topological polar surface area (TPSA) is 54.5 Å². The van der Waals surface area contributed by atoms with Gasteiger partial charge in [-0.15, -0.1) is 0 Å². The molecule has 4 rings (SSSR count). The molecule has 0 aliphatic carbocycles. The Bertz CT molecular complexity index is 1250. The predicted molar refractivity (Wildman–Crippen MR) is 127 cm³/mol. The van der Waals surface area contributed by atoms with Crippen LogP contribution in [0.3, 0.4) is 0 Å². The summed E-state index contributed by atoms with van der Waals surface area (Å²) in [6.45, 7) is 1.92. The van der Waals surface area contributed by atoms with Crippen LogP contribution >= 0.6 is 0 Å². The molecule has 0 aliphatic rings. The van der Waals surface area contributed by atoms with Crippen LogP contribution in [0.4, 0.5) is 5.69 Å². The molecule has 0 radical (unpaired) electrons. The van der Waals surface area contributed by atoms with Crippen LogP contribution in [0.2, 0.25) is 0 Å². The minimum Gasteiger partial charge on any atom is -0.272 e. The van der Waals surface area contributed by atoms with E-state index >= 15 is 0 Å². The highest BCUT2D eigenvalue weighted by Gasteiger charge is 2.36. The predicted octanol–water partition coefficient (Wildman–Crippen LogP) is 5.55. The highest BCUT2D eigenvalue weighted by molar-refractivity contribution is 7.93. The second-order valence-electron chi connectivity index (χ2n) is 7.51. The fourth-order valence-corrected chi connectivity index (χ4v) is 5.10. The van der Waals surface area contributed by atoms with Gasteiger partial charge in [-0.2, -0.15) is 0 Å². The Labute approximate surface area is 188 Å². The van der Waals surface area contributed by atoms with Gasteiger partial charge in [0.2, 0.25) is 0 Å². The van der Waals surface area contributed by atoms with Gasteiger partial charge in [0.05, 0.1) is 16.5 Å². The molecule has 0 spiro atoms. The Morgan fingerprint density at radius 3 is 1.56 bits per heavy atom. The fraction of sp³-hybridized carbons (Fsp3) is 0.0741. The van der Waals surface area contributed by atoms with Crippen LogP contribution in [0.25, 0.3) is 0 Å². The summed E-state index contributed by atoms with van der Waals surface area (Å²) >= 11 is 0. The van der Waals surface area contributed by atoms with Crippen molar-refractivity contribution in [2.24, 2.45) is 0 Å². The van der Waals surface area contributed by atoms with Crippen molar-refractivity contribution >= 4 is 21.6 Å². The number of anilines is 1. The number of benzene rings is 4. The largest absolute Gasteiger partial charge is 0.272 e. The molecule has 0 fully saturated rings. The van der Waals surface area contributed by atoms with Gasteiger partial charge in [0, 0.05) is 0 Å². The standard InChI is InChI=1S/C27H23NO3S/c1-21-17-19-24(20-18-21)28(32(30,31)25-15-9-4-10-16-25)27(29)26(22-11-5-2-6-12-22)23-13-7-3-8-14-23/h2-20,26H,1H3. The summed E-state index contributed by atoms with van der Waals surface area (Å²) in [6.07, 6.45) is 0. The molecule has 0 heterocycles. The van der Waals surface area contributed by atoms with Crippen LogP contribution in [0, 0.1) is 6.92 Å². The van der Waals surface area contributed by atoms with Gasteiger partial charge in [0.1, 0.15) is 0 Å². The molecule has 0 N–H and O–H groups in total. The van der Waals surface area contributed by atoms with Gasteiger partial charge in [-0.05, 0) is 42.3 Å². The number of nitrogens with zero attached hydrogens (tertiary/aromatic N) is 1. The first-order valence-electron chi connectivity index (χ1n) is 10.3. The van der Waals surface area contributed by atoms with Gasteiger partial charge < -0.3 is 0 Å². The summed E-state index contributed by atoms with van der Waals surface area (Å²) in [6, 6.07) is 33.5. The van der Waals surface area contributed by atoms with E-state index in [2.05, 4.69) is 0 Å². The quantitative estimate of drug-likeness (QED) is 0.394. The second kappa shape index (κ2) is 9.20. The van der Waals surface area contributed by atoms with Crippen molar-refractivity contribution in [1.82, 2.24) is 0 Å². The molecule has 32 heavy (non-hydrogen) atoms. The van der Waals surface area contributed by atoms with Crippen LogP contribution in [0.5, 0.6) is 0 Å². The van der Waals surface area contributed by atoms with Gasteiger partial charge >= 0.3 is 0 Å². The maximum atomic E-state index is 14.1. The monoisotopic (exact) mass is 441 g/mol. The third-order valence-corrected chi connectivity index (χ3v) is 7.00. The van der Waals surface area contributed by atoms with Gasteiger partial charge in [-0.25, -0.2) is 12.7 Å². The molecule has 0 aromatic heterocycles. The molecule has 4 nitrogen and oxygen atoms in total. The Morgan fingerprint density at radius 2 is 1.09 bits per heavy atom. The van der Waals surface area contributed by atoms with E-state index in [1.165, 1.54) is 12.1 Å². The zero-order valence-electron chi connectivity index (χ0n) is 17.6. The summed E-state index contributed by atoms with van der Waals surface area (Å²) in [5.41, 5.74) is 2.73. The third-order valence-electron chi connectivity index (χ3n) is 5.26. The van der Waals surface area contributed by atoms with E-state index < -0.39 is 21.8 Å². The van der Waals surface area contributed by atoms with Crippen molar-refractivity contribution in [3.63, 3.8) is 0 Å². The molecule has 0 saturated heterocycles. The average Bonchev–Trinajstić information content (AvgIpc) is 2.82. The normalized spacial score (nSPS) is 11.3. The Balaban J connectivity index is 1.91. The average molecular weight is 442 g/mol. The molecule has 4 aromatic rings. The van der Waals surface area contributed by atoms with E-state index in [0.717, 1.165) is 21.0 Å². The van der Waals surface area contributed by atoms with Crippen molar-refractivity contribution < 1.29 is 13.2 Å². The molecule has 0 unspecified atom stereocenters. The summed E-state index contributed by atoms with van der Waals surface area (Å²) in [5.74, 6) is -1.31. The zero-order valence-corrected chi connectivity index (χ0v) is 18.4. The number of hydrogen-bond acceptors (Lipinski definition) is 3. The number of carbonyl (C=O) groups is 1. The number of amides is 1. The highest BCUT2D eigenvalue weighted by Crippen LogP contribution is 2.33. The van der Waals surface area contributed by atoms with Crippen LogP contribution < -0.4 is 4.31 Å². The maximum Gasteiger partial charge on any atom is 0.270 e. The number of hydrogen-bond donors (Lipinski definition) is 0. The minimum absolute atomic E-state index is 0.0637. The summed E-state index contributed by atoms with van der Waals surface area (Å²) in [5, 5.41) is 0. The molecule has 0 bridgehead atoms. The highest BCUT2D eigenvalue weighted by atomic mass is 32.2. The Kier molecular flexibility index (Phi) is 6.19. The molecule has 0 aliphatic heterocycles. The van der Waals surface area contributed by atoms with Crippen molar-refractivity contribution in [3.8, 4) is 0 Å². The molecular formula is C27H23NO3S. The van der Waals surface area contributed by atoms with Crippen molar-refractivity contribution in [3.05, 3.63) is 132 Å². The van der Waals surface area contributed by atoms with Crippen molar-refractivity contribution in [2.45, 2.75) is 17.7 Å².